The number of anilines is 1. The van der Waals surface area contributed by atoms with E-state index in [0.29, 0.717) is 18.1 Å². The van der Waals surface area contributed by atoms with Crippen molar-refractivity contribution in [2.75, 3.05) is 11.4 Å². The minimum Gasteiger partial charge on any atom is -0.350 e. The van der Waals surface area contributed by atoms with E-state index in [1.807, 2.05) is 31.3 Å². The first-order chi connectivity index (χ1) is 14.0. The van der Waals surface area contributed by atoms with Crippen LogP contribution in [0.15, 0.2) is 54.7 Å². The number of nitrogens with zero attached hydrogens (tertiary/aromatic N) is 4. The maximum atomic E-state index is 12.6. The summed E-state index contributed by atoms with van der Waals surface area (Å²) < 4.78 is 1.74. The normalized spacial score (nSPS) is 16.3. The number of pyridine rings is 1. The third kappa shape index (κ3) is 4.14. The van der Waals surface area contributed by atoms with Crippen LogP contribution < -0.4 is 10.2 Å². The highest BCUT2D eigenvalue weighted by molar-refractivity contribution is 6.30. The molecule has 0 aliphatic carbocycles. The summed E-state index contributed by atoms with van der Waals surface area (Å²) in [5.74, 6) is -0.611. The van der Waals surface area contributed by atoms with E-state index in [4.69, 9.17) is 11.6 Å². The monoisotopic (exact) mass is 409 g/mol. The molecule has 3 heterocycles. The average molecular weight is 410 g/mol. The Morgan fingerprint density at radius 3 is 2.76 bits per heavy atom. The topological polar surface area (TPSA) is 80.1 Å². The number of benzene rings is 1. The van der Waals surface area contributed by atoms with Gasteiger partial charge in [-0.25, -0.2) is 0 Å². The van der Waals surface area contributed by atoms with Gasteiger partial charge in [0.15, 0.2) is 0 Å². The molecule has 1 unspecified atom stereocenters. The second-order valence-electron chi connectivity index (χ2n) is 6.96. The molecule has 1 fully saturated rings. The van der Waals surface area contributed by atoms with E-state index in [2.05, 4.69) is 15.4 Å². The molecule has 0 saturated carbocycles. The van der Waals surface area contributed by atoms with Crippen molar-refractivity contribution in [1.82, 2.24) is 20.1 Å². The van der Waals surface area contributed by atoms with Crippen molar-refractivity contribution in [3.05, 3.63) is 65.4 Å². The fourth-order valence-electron chi connectivity index (χ4n) is 3.44. The number of rotatable bonds is 5. The van der Waals surface area contributed by atoms with Crippen molar-refractivity contribution in [2.24, 2.45) is 13.0 Å². The Bertz CT molecular complexity index is 1030. The Kier molecular flexibility index (Phi) is 5.31. The number of amides is 2. The molecule has 1 saturated heterocycles. The first-order valence-corrected chi connectivity index (χ1v) is 9.67. The minimum atomic E-state index is -0.392. The third-order valence-electron chi connectivity index (χ3n) is 4.94. The van der Waals surface area contributed by atoms with Crippen molar-refractivity contribution in [1.29, 1.82) is 0 Å². The third-order valence-corrected chi connectivity index (χ3v) is 5.19. The van der Waals surface area contributed by atoms with E-state index >= 15 is 0 Å². The number of carbonyl (C=O) groups is 2. The number of hydrogen-bond acceptors (Lipinski definition) is 4. The molecular weight excluding hydrogens is 390 g/mol. The molecule has 148 valence electrons. The van der Waals surface area contributed by atoms with Crippen molar-refractivity contribution >= 4 is 29.1 Å². The maximum Gasteiger partial charge on any atom is 0.227 e. The standard InChI is InChI=1S/C21H20ClN5O2/c1-26-19(18-4-2-3-9-23-18)11-16(25-26)12-24-21(29)14-10-20(28)27(13-14)17-7-5-15(22)6-8-17/h2-9,11,14H,10,12-13H2,1H3,(H,24,29). The van der Waals surface area contributed by atoms with Gasteiger partial charge in [-0.15, -0.1) is 0 Å². The predicted molar refractivity (Wildman–Crippen MR) is 110 cm³/mol. The molecule has 4 rings (SSSR count). The molecule has 1 aliphatic rings. The summed E-state index contributed by atoms with van der Waals surface area (Å²) in [6.07, 6.45) is 1.92. The molecule has 29 heavy (non-hydrogen) atoms. The Hall–Kier alpha value is -3.19. The van der Waals surface area contributed by atoms with Gasteiger partial charge in [0.1, 0.15) is 0 Å². The quantitative estimate of drug-likeness (QED) is 0.702. The molecule has 1 aromatic carbocycles. The lowest BCUT2D eigenvalue weighted by Gasteiger charge is -2.16. The first-order valence-electron chi connectivity index (χ1n) is 9.29. The van der Waals surface area contributed by atoms with E-state index in [-0.39, 0.29) is 18.2 Å². The van der Waals surface area contributed by atoms with Gasteiger partial charge in [0, 0.05) is 36.9 Å². The lowest BCUT2D eigenvalue weighted by atomic mass is 10.1. The van der Waals surface area contributed by atoms with Gasteiger partial charge in [0.2, 0.25) is 11.8 Å². The van der Waals surface area contributed by atoms with Gasteiger partial charge in [-0.1, -0.05) is 17.7 Å². The van der Waals surface area contributed by atoms with Crippen LogP contribution in [-0.2, 0) is 23.2 Å². The van der Waals surface area contributed by atoms with Gasteiger partial charge in [-0.3, -0.25) is 19.3 Å². The van der Waals surface area contributed by atoms with Gasteiger partial charge < -0.3 is 10.2 Å². The maximum absolute atomic E-state index is 12.6. The highest BCUT2D eigenvalue weighted by Gasteiger charge is 2.35. The fraction of sp³-hybridized carbons (Fsp3) is 0.238. The molecule has 8 heteroatoms. The smallest absolute Gasteiger partial charge is 0.227 e. The van der Waals surface area contributed by atoms with E-state index < -0.39 is 5.92 Å². The van der Waals surface area contributed by atoms with Crippen LogP contribution in [0.3, 0.4) is 0 Å². The average Bonchev–Trinajstić information content (AvgIpc) is 3.30. The number of hydrogen-bond donors (Lipinski definition) is 1. The van der Waals surface area contributed by atoms with E-state index in [9.17, 15) is 9.59 Å². The molecular formula is C21H20ClN5O2. The molecule has 0 radical (unpaired) electrons. The van der Waals surface area contributed by atoms with Crippen LogP contribution in [0.1, 0.15) is 12.1 Å². The molecule has 1 aliphatic heterocycles. The summed E-state index contributed by atoms with van der Waals surface area (Å²) in [6, 6.07) is 14.6. The van der Waals surface area contributed by atoms with Gasteiger partial charge in [-0.2, -0.15) is 5.10 Å². The van der Waals surface area contributed by atoms with Crippen LogP contribution in [0.2, 0.25) is 5.02 Å². The molecule has 1 N–H and O–H groups in total. The van der Waals surface area contributed by atoms with E-state index in [1.165, 1.54) is 0 Å². The number of aromatic nitrogens is 3. The first kappa shape index (κ1) is 19.1. The van der Waals surface area contributed by atoms with Crippen LogP contribution in [0.4, 0.5) is 5.69 Å². The number of aryl methyl sites for hydroxylation is 1. The Labute approximate surface area is 173 Å². The van der Waals surface area contributed by atoms with Crippen LogP contribution in [0.25, 0.3) is 11.4 Å². The zero-order valence-electron chi connectivity index (χ0n) is 15.9. The summed E-state index contributed by atoms with van der Waals surface area (Å²) >= 11 is 5.91. The summed E-state index contributed by atoms with van der Waals surface area (Å²) in [5.41, 5.74) is 3.18. The van der Waals surface area contributed by atoms with E-state index in [0.717, 1.165) is 22.8 Å². The largest absolute Gasteiger partial charge is 0.350 e. The minimum absolute atomic E-state index is 0.0669. The summed E-state index contributed by atoms with van der Waals surface area (Å²) in [6.45, 7) is 0.652. The van der Waals surface area contributed by atoms with Crippen molar-refractivity contribution < 1.29 is 9.59 Å². The highest BCUT2D eigenvalue weighted by Crippen LogP contribution is 2.26. The van der Waals surface area contributed by atoms with Gasteiger partial charge in [0.05, 0.1) is 29.5 Å². The lowest BCUT2D eigenvalue weighted by Crippen LogP contribution is -2.32. The molecule has 2 amide bonds. The van der Waals surface area contributed by atoms with Crippen molar-refractivity contribution in [3.63, 3.8) is 0 Å². The number of nitrogens with one attached hydrogen (secondary N) is 1. The number of halogens is 1. The van der Waals surface area contributed by atoms with E-state index in [1.54, 1.807) is 40.0 Å². The zero-order chi connectivity index (χ0) is 20.4. The summed E-state index contributed by atoms with van der Waals surface area (Å²) in [4.78, 5) is 30.9. The lowest BCUT2D eigenvalue weighted by molar-refractivity contribution is -0.126. The summed E-state index contributed by atoms with van der Waals surface area (Å²) in [5, 5.41) is 7.95. The van der Waals surface area contributed by atoms with Crippen LogP contribution in [0.5, 0.6) is 0 Å². The number of carbonyl (C=O) groups excluding carboxylic acids is 2. The fourth-order valence-corrected chi connectivity index (χ4v) is 3.57. The van der Waals surface area contributed by atoms with Gasteiger partial charge in [0.25, 0.3) is 0 Å². The summed E-state index contributed by atoms with van der Waals surface area (Å²) in [7, 11) is 1.84. The van der Waals surface area contributed by atoms with Crippen molar-refractivity contribution in [3.8, 4) is 11.4 Å². The Morgan fingerprint density at radius 1 is 1.24 bits per heavy atom. The molecule has 1 atom stereocenters. The molecule has 3 aromatic rings. The molecule has 0 bridgehead atoms. The molecule has 7 nitrogen and oxygen atoms in total. The highest BCUT2D eigenvalue weighted by atomic mass is 35.5. The zero-order valence-corrected chi connectivity index (χ0v) is 16.6. The Morgan fingerprint density at radius 2 is 2.03 bits per heavy atom. The predicted octanol–water partition coefficient (Wildman–Crippen LogP) is 2.80. The van der Waals surface area contributed by atoms with Crippen LogP contribution >= 0.6 is 11.6 Å². The van der Waals surface area contributed by atoms with Crippen molar-refractivity contribution in [2.45, 2.75) is 13.0 Å². The van der Waals surface area contributed by atoms with Gasteiger partial charge in [-0.05, 0) is 42.5 Å². The second-order valence-corrected chi connectivity index (χ2v) is 7.40. The second kappa shape index (κ2) is 8.05. The molecule has 2 aromatic heterocycles. The molecule has 0 spiro atoms. The SMILES string of the molecule is Cn1nc(CNC(=O)C2CC(=O)N(c3ccc(Cl)cc3)C2)cc1-c1ccccn1. The van der Waals surface area contributed by atoms with Crippen LogP contribution in [-0.4, -0.2) is 33.1 Å². The van der Waals surface area contributed by atoms with Gasteiger partial charge >= 0.3 is 0 Å². The van der Waals surface area contributed by atoms with Crippen LogP contribution in [0, 0.1) is 5.92 Å². The Balaban J connectivity index is 1.38.